The molecule has 2 N–H and O–H groups in total. The predicted molar refractivity (Wildman–Crippen MR) is 108 cm³/mol. The molecule has 138 valence electrons. The van der Waals surface area contributed by atoms with Gasteiger partial charge in [0.25, 0.3) is 5.91 Å². The summed E-state index contributed by atoms with van der Waals surface area (Å²) in [7, 11) is 0. The van der Waals surface area contributed by atoms with Crippen molar-refractivity contribution in [1.82, 2.24) is 5.32 Å². The molecule has 3 rings (SSSR count). The van der Waals surface area contributed by atoms with Crippen molar-refractivity contribution in [3.8, 4) is 0 Å². The number of amides is 1. The smallest absolute Gasteiger partial charge is 0.251 e. The number of carbonyl (C=O) groups excluding carboxylic acids is 1. The van der Waals surface area contributed by atoms with E-state index < -0.39 is 0 Å². The lowest BCUT2D eigenvalue weighted by molar-refractivity contribution is 0.0948. The van der Waals surface area contributed by atoms with E-state index in [4.69, 9.17) is 5.11 Å². The summed E-state index contributed by atoms with van der Waals surface area (Å²) in [6.07, 6.45) is 1.10. The number of para-hydroxylation sites is 1. The number of hydrogen-bond acceptors (Lipinski definition) is 4. The number of carbonyl (C=O) groups is 1. The van der Waals surface area contributed by atoms with Gasteiger partial charge in [-0.05, 0) is 55.2 Å². The molecule has 0 radical (unpaired) electrons. The van der Waals surface area contributed by atoms with E-state index in [0.29, 0.717) is 23.8 Å². The first-order valence-electron chi connectivity index (χ1n) is 9.10. The van der Waals surface area contributed by atoms with Gasteiger partial charge >= 0.3 is 0 Å². The van der Waals surface area contributed by atoms with Crippen LogP contribution in [0.1, 0.15) is 22.3 Å². The molecule has 0 bridgehead atoms. The highest BCUT2D eigenvalue weighted by Gasteiger charge is 2.24. The van der Waals surface area contributed by atoms with Gasteiger partial charge in [0.1, 0.15) is 0 Å². The molecule has 2 aromatic carbocycles. The van der Waals surface area contributed by atoms with E-state index in [0.717, 1.165) is 24.4 Å². The van der Waals surface area contributed by atoms with E-state index >= 15 is 0 Å². The van der Waals surface area contributed by atoms with Gasteiger partial charge in [-0.1, -0.05) is 18.2 Å². The van der Waals surface area contributed by atoms with Crippen LogP contribution in [0.2, 0.25) is 0 Å². The Balaban J connectivity index is 1.48. The van der Waals surface area contributed by atoms with Crippen molar-refractivity contribution in [2.75, 3.05) is 36.9 Å². The van der Waals surface area contributed by atoms with Gasteiger partial charge in [0.2, 0.25) is 0 Å². The highest BCUT2D eigenvalue weighted by Crippen LogP contribution is 2.26. The lowest BCUT2D eigenvalue weighted by Gasteiger charge is -2.21. The molecule has 5 heteroatoms. The zero-order valence-electron chi connectivity index (χ0n) is 15.1. The molecule has 0 aliphatic carbocycles. The highest BCUT2D eigenvalue weighted by atomic mass is 32.2. The molecular weight excluding hydrogens is 344 g/mol. The normalized spacial score (nSPS) is 16.7. The first-order chi connectivity index (χ1) is 12.7. The van der Waals surface area contributed by atoms with Crippen LogP contribution in [0.3, 0.4) is 0 Å². The third-order valence-corrected chi connectivity index (χ3v) is 5.76. The van der Waals surface area contributed by atoms with Crippen LogP contribution in [0.15, 0.2) is 53.4 Å². The predicted octanol–water partition coefficient (Wildman–Crippen LogP) is 3.34. The summed E-state index contributed by atoms with van der Waals surface area (Å²) >= 11 is 1.59. The Kier molecular flexibility index (Phi) is 6.58. The maximum Gasteiger partial charge on any atom is 0.251 e. The number of nitrogens with one attached hydrogen (secondary N) is 1. The Morgan fingerprint density at radius 3 is 2.73 bits per heavy atom. The number of anilines is 1. The van der Waals surface area contributed by atoms with Gasteiger partial charge in [0, 0.05) is 41.5 Å². The molecular formula is C21H26N2O2S. The van der Waals surface area contributed by atoms with Gasteiger partial charge in [-0.15, -0.1) is 11.8 Å². The van der Waals surface area contributed by atoms with E-state index in [9.17, 15) is 4.79 Å². The van der Waals surface area contributed by atoms with E-state index in [2.05, 4.69) is 41.4 Å². The average Bonchev–Trinajstić information content (AvgIpc) is 3.14. The first-order valence-corrected chi connectivity index (χ1v) is 10.1. The maximum atomic E-state index is 12.4. The average molecular weight is 371 g/mol. The minimum absolute atomic E-state index is 0.0157. The Morgan fingerprint density at radius 2 is 2.00 bits per heavy atom. The zero-order chi connectivity index (χ0) is 18.4. The highest BCUT2D eigenvalue weighted by molar-refractivity contribution is 7.99. The lowest BCUT2D eigenvalue weighted by atomic mass is 10.1. The van der Waals surface area contributed by atoms with Crippen LogP contribution in [0, 0.1) is 12.8 Å². The number of nitrogens with zero attached hydrogens (tertiary/aromatic N) is 1. The molecule has 1 heterocycles. The summed E-state index contributed by atoms with van der Waals surface area (Å²) in [6, 6.07) is 16.0. The minimum atomic E-state index is -0.0157. The second kappa shape index (κ2) is 9.10. The lowest BCUT2D eigenvalue weighted by Crippen LogP contribution is -2.31. The molecule has 0 saturated carbocycles. The summed E-state index contributed by atoms with van der Waals surface area (Å²) in [4.78, 5) is 15.8. The van der Waals surface area contributed by atoms with Crippen molar-refractivity contribution >= 4 is 23.4 Å². The summed E-state index contributed by atoms with van der Waals surface area (Å²) in [5, 5.41) is 11.9. The fourth-order valence-corrected chi connectivity index (χ4v) is 4.00. The molecule has 0 spiro atoms. The quantitative estimate of drug-likeness (QED) is 0.734. The molecule has 1 amide bonds. The summed E-state index contributed by atoms with van der Waals surface area (Å²) < 4.78 is 0. The summed E-state index contributed by atoms with van der Waals surface area (Å²) in [5.74, 6) is 1.14. The first kappa shape index (κ1) is 18.8. The number of benzene rings is 2. The third-order valence-electron chi connectivity index (χ3n) is 4.77. The largest absolute Gasteiger partial charge is 0.396 e. The Hall–Kier alpha value is -1.98. The van der Waals surface area contributed by atoms with E-state index in [-0.39, 0.29) is 12.5 Å². The van der Waals surface area contributed by atoms with Crippen molar-refractivity contribution in [3.05, 3.63) is 59.7 Å². The van der Waals surface area contributed by atoms with Crippen LogP contribution in [0.25, 0.3) is 0 Å². The second-order valence-electron chi connectivity index (χ2n) is 6.69. The van der Waals surface area contributed by atoms with Gasteiger partial charge in [-0.3, -0.25) is 4.79 Å². The van der Waals surface area contributed by atoms with Crippen LogP contribution in [0.5, 0.6) is 0 Å². The van der Waals surface area contributed by atoms with Crippen molar-refractivity contribution < 1.29 is 9.90 Å². The Bertz CT molecular complexity index is 733. The van der Waals surface area contributed by atoms with Gasteiger partial charge in [0.15, 0.2) is 0 Å². The van der Waals surface area contributed by atoms with E-state index in [1.807, 2.05) is 24.3 Å². The molecule has 1 saturated heterocycles. The number of aliphatic hydroxyl groups excluding tert-OH is 1. The van der Waals surface area contributed by atoms with E-state index in [1.165, 1.54) is 11.3 Å². The standard InChI is InChI=1S/C21H26N2O2S/c1-16-4-2-3-5-20(16)23-11-10-17(15-23)14-22-21(25)18-6-8-19(9-7-18)26-13-12-24/h2-9,17,24H,10-15H2,1H3,(H,22,25)/t17-/m1/s1. The van der Waals surface area contributed by atoms with Crippen molar-refractivity contribution in [1.29, 1.82) is 0 Å². The SMILES string of the molecule is Cc1ccccc1N1CC[C@H](CNC(=O)c2ccc(SCCO)cc2)C1. The number of hydrogen-bond donors (Lipinski definition) is 2. The fraction of sp³-hybridized carbons (Fsp3) is 0.381. The van der Waals surface area contributed by atoms with Crippen LogP contribution < -0.4 is 10.2 Å². The van der Waals surface area contributed by atoms with Crippen LogP contribution in [-0.2, 0) is 0 Å². The van der Waals surface area contributed by atoms with Gasteiger partial charge in [-0.2, -0.15) is 0 Å². The molecule has 2 aromatic rings. The second-order valence-corrected chi connectivity index (χ2v) is 7.86. The molecule has 26 heavy (non-hydrogen) atoms. The topological polar surface area (TPSA) is 52.6 Å². The number of aliphatic hydroxyl groups is 1. The molecule has 1 fully saturated rings. The Morgan fingerprint density at radius 1 is 1.23 bits per heavy atom. The monoisotopic (exact) mass is 370 g/mol. The van der Waals surface area contributed by atoms with Crippen molar-refractivity contribution in [2.24, 2.45) is 5.92 Å². The number of rotatable bonds is 7. The molecule has 1 aliphatic heterocycles. The summed E-state index contributed by atoms with van der Waals surface area (Å²) in [5.41, 5.74) is 3.29. The van der Waals surface area contributed by atoms with Crippen molar-refractivity contribution in [3.63, 3.8) is 0 Å². The van der Waals surface area contributed by atoms with Crippen LogP contribution in [-0.4, -0.2) is 43.0 Å². The van der Waals surface area contributed by atoms with Gasteiger partial charge in [-0.25, -0.2) is 0 Å². The van der Waals surface area contributed by atoms with E-state index in [1.54, 1.807) is 11.8 Å². The molecule has 0 aromatic heterocycles. The van der Waals surface area contributed by atoms with Crippen LogP contribution in [0.4, 0.5) is 5.69 Å². The molecule has 1 atom stereocenters. The molecule has 4 nitrogen and oxygen atoms in total. The van der Waals surface area contributed by atoms with Crippen LogP contribution >= 0.6 is 11.8 Å². The number of aryl methyl sites for hydroxylation is 1. The molecule has 1 aliphatic rings. The fourth-order valence-electron chi connectivity index (χ4n) is 3.34. The summed E-state index contributed by atoms with van der Waals surface area (Å²) in [6.45, 7) is 5.05. The number of thioether (sulfide) groups is 1. The zero-order valence-corrected chi connectivity index (χ0v) is 16.0. The van der Waals surface area contributed by atoms with Gasteiger partial charge < -0.3 is 15.3 Å². The minimum Gasteiger partial charge on any atom is -0.396 e. The van der Waals surface area contributed by atoms with Gasteiger partial charge in [0.05, 0.1) is 6.61 Å². The Labute approximate surface area is 159 Å². The maximum absolute atomic E-state index is 12.4. The third kappa shape index (κ3) is 4.80. The van der Waals surface area contributed by atoms with Crippen molar-refractivity contribution in [2.45, 2.75) is 18.2 Å². The molecule has 0 unspecified atom stereocenters.